The van der Waals surface area contributed by atoms with Crippen LogP contribution < -0.4 is 5.73 Å². The van der Waals surface area contributed by atoms with Crippen LogP contribution in [-0.2, 0) is 6.54 Å². The number of hydrogen-bond acceptors (Lipinski definition) is 2. The fraction of sp³-hybridized carbons (Fsp3) is 0.0588. The Morgan fingerprint density at radius 1 is 0.737 bits per heavy atom. The lowest BCUT2D eigenvalue weighted by Gasteiger charge is -2.05. The molecular formula is C17H15NS. The van der Waals surface area contributed by atoms with Crippen molar-refractivity contribution < 1.29 is 0 Å². The third-order valence-corrected chi connectivity index (χ3v) is 4.06. The Labute approximate surface area is 117 Å². The van der Waals surface area contributed by atoms with Gasteiger partial charge in [-0.25, -0.2) is 0 Å². The van der Waals surface area contributed by atoms with Gasteiger partial charge in [0.1, 0.15) is 0 Å². The summed E-state index contributed by atoms with van der Waals surface area (Å²) in [6.45, 7) is 0.596. The van der Waals surface area contributed by atoms with Crippen molar-refractivity contribution >= 4 is 11.3 Å². The Bertz CT molecular complexity index is 653. The van der Waals surface area contributed by atoms with Gasteiger partial charge in [0.05, 0.1) is 0 Å². The lowest BCUT2D eigenvalue weighted by atomic mass is 10.00. The molecule has 0 fully saturated rings. The number of benzene rings is 2. The van der Waals surface area contributed by atoms with Gasteiger partial charge in [0.25, 0.3) is 0 Å². The lowest BCUT2D eigenvalue weighted by Crippen LogP contribution is -1.95. The second-order valence-corrected chi connectivity index (χ2v) is 5.20. The van der Waals surface area contributed by atoms with Crippen molar-refractivity contribution in [3.63, 3.8) is 0 Å². The van der Waals surface area contributed by atoms with Crippen LogP contribution in [0.1, 0.15) is 5.56 Å². The van der Waals surface area contributed by atoms with Crippen molar-refractivity contribution in [2.45, 2.75) is 6.54 Å². The van der Waals surface area contributed by atoms with Crippen LogP contribution in [0.3, 0.4) is 0 Å². The molecule has 0 aliphatic rings. The monoisotopic (exact) mass is 265 g/mol. The Kier molecular flexibility index (Phi) is 3.45. The Morgan fingerprint density at radius 3 is 2.05 bits per heavy atom. The van der Waals surface area contributed by atoms with Crippen molar-refractivity contribution in [3.8, 4) is 22.3 Å². The predicted octanol–water partition coefficient (Wildman–Crippen LogP) is 4.54. The largest absolute Gasteiger partial charge is 0.326 e. The highest BCUT2D eigenvalue weighted by atomic mass is 32.1. The molecule has 0 unspecified atom stereocenters. The van der Waals surface area contributed by atoms with Gasteiger partial charge in [-0.05, 0) is 38.6 Å². The quantitative estimate of drug-likeness (QED) is 0.739. The van der Waals surface area contributed by atoms with E-state index in [0.717, 1.165) is 0 Å². The first kappa shape index (κ1) is 12.2. The molecule has 0 aliphatic carbocycles. The van der Waals surface area contributed by atoms with E-state index in [-0.39, 0.29) is 0 Å². The van der Waals surface area contributed by atoms with Crippen LogP contribution in [0.5, 0.6) is 0 Å². The molecule has 0 aliphatic heterocycles. The molecule has 2 heteroatoms. The van der Waals surface area contributed by atoms with Gasteiger partial charge in [-0.3, -0.25) is 0 Å². The van der Waals surface area contributed by atoms with Crippen LogP contribution in [0.25, 0.3) is 22.3 Å². The summed E-state index contributed by atoms with van der Waals surface area (Å²) < 4.78 is 0. The summed E-state index contributed by atoms with van der Waals surface area (Å²) in [7, 11) is 0. The first-order valence-corrected chi connectivity index (χ1v) is 7.24. The molecule has 0 saturated heterocycles. The molecular weight excluding hydrogens is 250 g/mol. The molecule has 3 rings (SSSR count). The van der Waals surface area contributed by atoms with E-state index in [1.165, 1.54) is 27.8 Å². The van der Waals surface area contributed by atoms with Gasteiger partial charge in [-0.15, -0.1) is 0 Å². The summed E-state index contributed by atoms with van der Waals surface area (Å²) in [6, 6.07) is 19.1. The molecule has 0 radical (unpaired) electrons. The van der Waals surface area contributed by atoms with Gasteiger partial charge < -0.3 is 5.73 Å². The Balaban J connectivity index is 1.96. The normalized spacial score (nSPS) is 10.6. The standard InChI is InChI=1S/C17H15NS/c18-10-16-11-19-12-17(16)15-8-6-14(7-9-15)13-4-2-1-3-5-13/h1-9,11-12H,10,18H2. The average Bonchev–Trinajstić information content (AvgIpc) is 2.97. The van der Waals surface area contributed by atoms with Crippen LogP contribution >= 0.6 is 11.3 Å². The maximum Gasteiger partial charge on any atom is 0.0192 e. The van der Waals surface area contributed by atoms with Crippen LogP contribution in [0.2, 0.25) is 0 Å². The fourth-order valence-electron chi connectivity index (χ4n) is 2.21. The molecule has 19 heavy (non-hydrogen) atoms. The van der Waals surface area contributed by atoms with E-state index in [1.807, 2.05) is 6.07 Å². The van der Waals surface area contributed by atoms with E-state index in [2.05, 4.69) is 59.3 Å². The van der Waals surface area contributed by atoms with E-state index in [9.17, 15) is 0 Å². The van der Waals surface area contributed by atoms with E-state index in [4.69, 9.17) is 5.73 Å². The summed E-state index contributed by atoms with van der Waals surface area (Å²) in [5, 5.41) is 4.29. The summed E-state index contributed by atoms with van der Waals surface area (Å²) in [4.78, 5) is 0. The van der Waals surface area contributed by atoms with Gasteiger partial charge in [-0.2, -0.15) is 11.3 Å². The molecule has 2 N–H and O–H groups in total. The number of thiophene rings is 1. The molecule has 94 valence electrons. The predicted molar refractivity (Wildman–Crippen MR) is 83.1 cm³/mol. The Hall–Kier alpha value is -1.90. The van der Waals surface area contributed by atoms with E-state index in [0.29, 0.717) is 6.54 Å². The second kappa shape index (κ2) is 5.39. The van der Waals surface area contributed by atoms with Gasteiger partial charge >= 0.3 is 0 Å². The van der Waals surface area contributed by atoms with Crippen LogP contribution in [0, 0.1) is 0 Å². The maximum absolute atomic E-state index is 5.76. The van der Waals surface area contributed by atoms with Crippen molar-refractivity contribution in [2.75, 3.05) is 0 Å². The molecule has 3 aromatic rings. The minimum Gasteiger partial charge on any atom is -0.326 e. The zero-order chi connectivity index (χ0) is 13.1. The second-order valence-electron chi connectivity index (χ2n) is 4.46. The fourth-order valence-corrected chi connectivity index (χ4v) is 3.09. The van der Waals surface area contributed by atoms with Crippen LogP contribution in [0.4, 0.5) is 0 Å². The highest BCUT2D eigenvalue weighted by molar-refractivity contribution is 7.08. The maximum atomic E-state index is 5.76. The molecule has 0 bridgehead atoms. The Morgan fingerprint density at radius 2 is 1.37 bits per heavy atom. The molecule has 1 heterocycles. The van der Waals surface area contributed by atoms with Gasteiger partial charge in [0.2, 0.25) is 0 Å². The highest BCUT2D eigenvalue weighted by Gasteiger charge is 2.05. The summed E-state index contributed by atoms with van der Waals surface area (Å²) in [6.07, 6.45) is 0. The minimum atomic E-state index is 0.596. The van der Waals surface area contributed by atoms with Gasteiger partial charge in [0.15, 0.2) is 0 Å². The van der Waals surface area contributed by atoms with Crippen LogP contribution in [0.15, 0.2) is 65.4 Å². The molecule has 1 nitrogen and oxygen atoms in total. The van der Waals surface area contributed by atoms with Gasteiger partial charge in [0, 0.05) is 6.54 Å². The zero-order valence-corrected chi connectivity index (χ0v) is 11.4. The minimum absolute atomic E-state index is 0.596. The SMILES string of the molecule is NCc1cscc1-c1ccc(-c2ccccc2)cc1. The van der Waals surface area contributed by atoms with Crippen molar-refractivity contribution in [1.29, 1.82) is 0 Å². The summed E-state index contributed by atoms with van der Waals surface area (Å²) in [5.41, 5.74) is 12.0. The molecule has 1 aromatic heterocycles. The van der Waals surface area contributed by atoms with Crippen molar-refractivity contribution in [3.05, 3.63) is 70.9 Å². The lowest BCUT2D eigenvalue weighted by molar-refractivity contribution is 1.08. The molecule has 0 spiro atoms. The van der Waals surface area contributed by atoms with Crippen molar-refractivity contribution in [2.24, 2.45) is 5.73 Å². The number of rotatable bonds is 3. The molecule has 0 atom stereocenters. The third-order valence-electron chi connectivity index (χ3n) is 3.27. The smallest absolute Gasteiger partial charge is 0.0192 e. The third kappa shape index (κ3) is 2.46. The number of hydrogen-bond donors (Lipinski definition) is 1. The zero-order valence-electron chi connectivity index (χ0n) is 10.5. The molecule has 0 saturated carbocycles. The van der Waals surface area contributed by atoms with Crippen LogP contribution in [-0.4, -0.2) is 0 Å². The first-order chi connectivity index (χ1) is 9.38. The molecule has 0 amide bonds. The molecule has 2 aromatic carbocycles. The van der Waals surface area contributed by atoms with Gasteiger partial charge in [-0.1, -0.05) is 54.6 Å². The topological polar surface area (TPSA) is 26.0 Å². The van der Waals surface area contributed by atoms with E-state index in [1.54, 1.807) is 11.3 Å². The highest BCUT2D eigenvalue weighted by Crippen LogP contribution is 2.29. The van der Waals surface area contributed by atoms with Crippen molar-refractivity contribution in [1.82, 2.24) is 0 Å². The first-order valence-electron chi connectivity index (χ1n) is 6.29. The van der Waals surface area contributed by atoms with E-state index >= 15 is 0 Å². The average molecular weight is 265 g/mol. The number of nitrogens with two attached hydrogens (primary N) is 1. The summed E-state index contributed by atoms with van der Waals surface area (Å²) in [5.74, 6) is 0. The summed E-state index contributed by atoms with van der Waals surface area (Å²) >= 11 is 1.71. The van der Waals surface area contributed by atoms with E-state index < -0.39 is 0 Å².